The summed E-state index contributed by atoms with van der Waals surface area (Å²) in [5.41, 5.74) is -1.54. The van der Waals surface area contributed by atoms with E-state index in [0.717, 1.165) is 0 Å². The molecule has 4 atom stereocenters. The van der Waals surface area contributed by atoms with Gasteiger partial charge in [0.05, 0.1) is 25.2 Å². The van der Waals surface area contributed by atoms with Crippen molar-refractivity contribution >= 4 is 17.8 Å². The van der Waals surface area contributed by atoms with E-state index in [4.69, 9.17) is 14.2 Å². The Morgan fingerprint density at radius 2 is 1.86 bits per heavy atom. The van der Waals surface area contributed by atoms with Crippen LogP contribution in [0.3, 0.4) is 0 Å². The Bertz CT molecular complexity index is 621. The number of hydrogen-bond acceptors (Lipinski definition) is 6. The van der Waals surface area contributed by atoms with Crippen LogP contribution in [-0.4, -0.2) is 53.3 Å². The van der Waals surface area contributed by atoms with E-state index in [-0.39, 0.29) is 30.6 Å². The second-order valence-corrected chi connectivity index (χ2v) is 9.82. The van der Waals surface area contributed by atoms with Crippen LogP contribution in [0, 0.1) is 17.8 Å². The highest BCUT2D eigenvalue weighted by Gasteiger charge is 2.57. The van der Waals surface area contributed by atoms with Gasteiger partial charge in [0.1, 0.15) is 17.1 Å². The third-order valence-corrected chi connectivity index (χ3v) is 5.37. The largest absolute Gasteiger partial charge is 0.469 e. The van der Waals surface area contributed by atoms with Gasteiger partial charge in [-0.15, -0.1) is 0 Å². The standard InChI is InChI=1S/C21H35NO6/c1-12(2)9-16-17(14-10-13(23)11-15(14)18(24)26-8)27-21(6,7)22(16)19(25)28-20(3,4)5/h12,14-17H,9-11H2,1-8H3/t14-,15-,16+,17+/m1/s1. The number of rotatable bonds is 4. The van der Waals surface area contributed by atoms with Crippen molar-refractivity contribution in [1.82, 2.24) is 4.90 Å². The first-order chi connectivity index (χ1) is 12.8. The van der Waals surface area contributed by atoms with Crippen LogP contribution in [0.1, 0.15) is 67.7 Å². The van der Waals surface area contributed by atoms with Crippen LogP contribution in [0.25, 0.3) is 0 Å². The summed E-state index contributed by atoms with van der Waals surface area (Å²) in [6, 6.07) is -0.284. The van der Waals surface area contributed by atoms with E-state index in [1.54, 1.807) is 4.90 Å². The highest BCUT2D eigenvalue weighted by molar-refractivity contribution is 5.88. The number of carbonyl (C=O) groups excluding carboxylic acids is 3. The zero-order valence-electron chi connectivity index (χ0n) is 18.4. The van der Waals surface area contributed by atoms with Crippen molar-refractivity contribution in [3.63, 3.8) is 0 Å². The molecule has 7 nitrogen and oxygen atoms in total. The van der Waals surface area contributed by atoms with E-state index in [1.807, 2.05) is 34.6 Å². The number of methoxy groups -OCH3 is 1. The molecular formula is C21H35NO6. The molecule has 1 amide bonds. The molecule has 0 unspecified atom stereocenters. The van der Waals surface area contributed by atoms with Gasteiger partial charge < -0.3 is 14.2 Å². The lowest BCUT2D eigenvalue weighted by Gasteiger charge is -2.36. The van der Waals surface area contributed by atoms with E-state index in [2.05, 4.69) is 13.8 Å². The number of hydrogen-bond donors (Lipinski definition) is 0. The van der Waals surface area contributed by atoms with Crippen molar-refractivity contribution in [3.05, 3.63) is 0 Å². The van der Waals surface area contributed by atoms with E-state index in [9.17, 15) is 14.4 Å². The van der Waals surface area contributed by atoms with Gasteiger partial charge in [-0.05, 0) is 47.0 Å². The van der Waals surface area contributed by atoms with Crippen molar-refractivity contribution in [1.29, 1.82) is 0 Å². The zero-order valence-corrected chi connectivity index (χ0v) is 18.4. The summed E-state index contributed by atoms with van der Waals surface area (Å²) >= 11 is 0. The maximum absolute atomic E-state index is 13.0. The normalized spacial score (nSPS) is 30.0. The van der Waals surface area contributed by atoms with Gasteiger partial charge in [-0.3, -0.25) is 14.5 Å². The average molecular weight is 398 g/mol. The molecule has 2 aliphatic rings. The van der Waals surface area contributed by atoms with Crippen molar-refractivity contribution < 1.29 is 28.6 Å². The molecule has 1 heterocycles. The zero-order chi connectivity index (χ0) is 21.4. The van der Waals surface area contributed by atoms with Gasteiger partial charge in [0, 0.05) is 18.8 Å². The van der Waals surface area contributed by atoms with Crippen molar-refractivity contribution in [2.24, 2.45) is 17.8 Å². The molecule has 0 bridgehead atoms. The molecule has 2 rings (SSSR count). The van der Waals surface area contributed by atoms with Gasteiger partial charge in [0.2, 0.25) is 0 Å². The maximum Gasteiger partial charge on any atom is 0.412 e. The van der Waals surface area contributed by atoms with Gasteiger partial charge in [0.25, 0.3) is 0 Å². The number of Topliss-reactive ketones (excluding diaryl/α,β-unsaturated/α-hetero) is 1. The third-order valence-electron chi connectivity index (χ3n) is 5.37. The van der Waals surface area contributed by atoms with E-state index in [0.29, 0.717) is 12.3 Å². The third kappa shape index (κ3) is 4.85. The molecule has 1 aliphatic heterocycles. The lowest BCUT2D eigenvalue weighted by molar-refractivity contribution is -0.150. The molecule has 0 radical (unpaired) electrons. The number of ketones is 1. The second kappa shape index (κ2) is 8.01. The number of ether oxygens (including phenoxy) is 3. The molecule has 0 aromatic rings. The number of carbonyl (C=O) groups is 3. The molecule has 1 aliphatic carbocycles. The van der Waals surface area contributed by atoms with E-state index < -0.39 is 35.4 Å². The summed E-state index contributed by atoms with van der Waals surface area (Å²) in [5.74, 6) is -0.914. The highest BCUT2D eigenvalue weighted by atomic mass is 16.6. The Morgan fingerprint density at radius 3 is 2.36 bits per heavy atom. The smallest absolute Gasteiger partial charge is 0.412 e. The topological polar surface area (TPSA) is 82.1 Å². The quantitative estimate of drug-likeness (QED) is 0.675. The summed E-state index contributed by atoms with van der Waals surface area (Å²) in [5, 5.41) is 0. The van der Waals surface area contributed by atoms with Gasteiger partial charge in [0.15, 0.2) is 0 Å². The molecule has 0 aromatic carbocycles. The van der Waals surface area contributed by atoms with Crippen molar-refractivity contribution in [3.8, 4) is 0 Å². The molecule has 1 saturated heterocycles. The predicted molar refractivity (Wildman–Crippen MR) is 104 cm³/mol. The molecule has 160 valence electrons. The van der Waals surface area contributed by atoms with Crippen LogP contribution in [0.15, 0.2) is 0 Å². The first-order valence-corrected chi connectivity index (χ1v) is 10.1. The first kappa shape index (κ1) is 22.7. The minimum Gasteiger partial charge on any atom is -0.469 e. The minimum atomic E-state index is -0.904. The summed E-state index contributed by atoms with van der Waals surface area (Å²) in [6.07, 6.45) is 0.242. The fraction of sp³-hybridized carbons (Fsp3) is 0.857. The summed E-state index contributed by atoms with van der Waals surface area (Å²) < 4.78 is 16.9. The molecular weight excluding hydrogens is 362 g/mol. The summed E-state index contributed by atoms with van der Waals surface area (Å²) in [4.78, 5) is 39.1. The van der Waals surface area contributed by atoms with Gasteiger partial charge in [-0.2, -0.15) is 0 Å². The summed E-state index contributed by atoms with van der Waals surface area (Å²) in [6.45, 7) is 13.3. The molecule has 1 saturated carbocycles. The van der Waals surface area contributed by atoms with E-state index >= 15 is 0 Å². The number of nitrogens with zero attached hydrogens (tertiary/aromatic N) is 1. The first-order valence-electron chi connectivity index (χ1n) is 10.1. The Morgan fingerprint density at radius 1 is 1.25 bits per heavy atom. The number of amides is 1. The molecule has 0 aromatic heterocycles. The molecule has 0 N–H and O–H groups in total. The average Bonchev–Trinajstić information content (AvgIpc) is 3.01. The van der Waals surface area contributed by atoms with Crippen LogP contribution in [0.2, 0.25) is 0 Å². The van der Waals surface area contributed by atoms with Crippen molar-refractivity contribution in [2.45, 2.75) is 91.2 Å². The highest BCUT2D eigenvalue weighted by Crippen LogP contribution is 2.45. The fourth-order valence-corrected chi connectivity index (χ4v) is 4.42. The molecule has 28 heavy (non-hydrogen) atoms. The summed E-state index contributed by atoms with van der Waals surface area (Å²) in [7, 11) is 1.33. The van der Waals surface area contributed by atoms with Crippen LogP contribution in [-0.2, 0) is 23.8 Å². The minimum absolute atomic E-state index is 0.0285. The fourth-order valence-electron chi connectivity index (χ4n) is 4.42. The molecule has 7 heteroatoms. The second-order valence-electron chi connectivity index (χ2n) is 9.82. The van der Waals surface area contributed by atoms with Crippen LogP contribution >= 0.6 is 0 Å². The van der Waals surface area contributed by atoms with Crippen LogP contribution < -0.4 is 0 Å². The lowest BCUT2D eigenvalue weighted by Crippen LogP contribution is -2.51. The Labute approximate surface area is 168 Å². The van der Waals surface area contributed by atoms with Gasteiger partial charge >= 0.3 is 12.1 Å². The van der Waals surface area contributed by atoms with Crippen LogP contribution in [0.5, 0.6) is 0 Å². The number of esters is 1. The van der Waals surface area contributed by atoms with Crippen molar-refractivity contribution in [2.75, 3.05) is 7.11 Å². The SMILES string of the molecule is COC(=O)[C@@H]1CC(=O)C[C@H]1[C@@H]1OC(C)(C)N(C(=O)OC(C)(C)C)[C@H]1CC(C)C. The maximum atomic E-state index is 13.0. The Kier molecular flexibility index (Phi) is 6.48. The van der Waals surface area contributed by atoms with E-state index in [1.165, 1.54) is 7.11 Å². The Balaban J connectivity index is 2.39. The Hall–Kier alpha value is -1.63. The van der Waals surface area contributed by atoms with Crippen LogP contribution in [0.4, 0.5) is 4.79 Å². The van der Waals surface area contributed by atoms with Gasteiger partial charge in [-0.1, -0.05) is 13.8 Å². The lowest BCUT2D eigenvalue weighted by atomic mass is 9.84. The predicted octanol–water partition coefficient (Wildman–Crippen LogP) is 3.54. The molecule has 2 fully saturated rings. The molecule has 0 spiro atoms. The van der Waals surface area contributed by atoms with Gasteiger partial charge in [-0.25, -0.2) is 4.79 Å². The monoisotopic (exact) mass is 397 g/mol.